The Hall–Kier alpha value is -1.38. The van der Waals surface area contributed by atoms with Crippen LogP contribution in [0.5, 0.6) is 0 Å². The number of aromatic nitrogens is 3. The van der Waals surface area contributed by atoms with Crippen LogP contribution < -0.4 is 0 Å². The Bertz CT molecular complexity index is 350. The van der Waals surface area contributed by atoms with Crippen molar-refractivity contribution in [3.05, 3.63) is 30.5 Å². The lowest BCUT2D eigenvalue weighted by molar-refractivity contribution is 0.988. The summed E-state index contributed by atoms with van der Waals surface area (Å²) in [6.07, 6.45) is 6.27. The molecule has 3 heteroatoms. The van der Waals surface area contributed by atoms with E-state index in [0.717, 1.165) is 11.5 Å². The highest BCUT2D eigenvalue weighted by atomic mass is 15.0. The van der Waals surface area contributed by atoms with Crippen LogP contribution in [-0.2, 0) is 0 Å². The van der Waals surface area contributed by atoms with Crippen molar-refractivity contribution in [3.63, 3.8) is 0 Å². The van der Waals surface area contributed by atoms with Crippen molar-refractivity contribution in [1.29, 1.82) is 0 Å². The van der Waals surface area contributed by atoms with Crippen molar-refractivity contribution in [3.8, 4) is 0 Å². The van der Waals surface area contributed by atoms with Crippen LogP contribution in [0.25, 0.3) is 5.65 Å². The van der Waals surface area contributed by atoms with Gasteiger partial charge < -0.3 is 0 Å². The predicted octanol–water partition coefficient (Wildman–Crippen LogP) is 0.838. The van der Waals surface area contributed by atoms with Gasteiger partial charge in [0.05, 0.1) is 0 Å². The summed E-state index contributed by atoms with van der Waals surface area (Å²) in [6.45, 7) is 1.93. The first-order valence-corrected chi connectivity index (χ1v) is 3.05. The van der Waals surface area contributed by atoms with E-state index in [1.165, 1.54) is 0 Å². The van der Waals surface area contributed by atoms with Crippen LogP contribution >= 0.6 is 0 Å². The van der Waals surface area contributed by atoms with E-state index in [0.29, 0.717) is 0 Å². The minimum atomic E-state index is 0.896. The van der Waals surface area contributed by atoms with Crippen molar-refractivity contribution >= 4 is 5.65 Å². The second-order valence-corrected chi connectivity index (χ2v) is 2.09. The fourth-order valence-corrected chi connectivity index (χ4v) is 0.924. The quantitative estimate of drug-likeness (QED) is 0.531. The largest absolute Gasteiger partial charge is 0.287 e. The van der Waals surface area contributed by atoms with Crippen LogP contribution in [0.2, 0.25) is 0 Å². The van der Waals surface area contributed by atoms with Gasteiger partial charge in [0.2, 0.25) is 0 Å². The minimum Gasteiger partial charge on any atom is -0.287 e. The molecule has 0 aliphatic rings. The zero-order valence-corrected chi connectivity index (χ0v) is 5.57. The molecule has 2 rings (SSSR count). The van der Waals surface area contributed by atoms with E-state index in [4.69, 9.17) is 0 Å². The van der Waals surface area contributed by atoms with E-state index >= 15 is 0 Å². The zero-order chi connectivity index (χ0) is 6.97. The van der Waals surface area contributed by atoms with Gasteiger partial charge in [-0.25, -0.2) is 9.97 Å². The molecule has 0 bridgehead atoms. The molecule has 0 amide bonds. The van der Waals surface area contributed by atoms with E-state index in [2.05, 4.69) is 16.2 Å². The smallest absolute Gasteiger partial charge is 0.140 e. The molecule has 0 aliphatic carbocycles. The van der Waals surface area contributed by atoms with Crippen LogP contribution in [0.4, 0.5) is 0 Å². The third-order valence-corrected chi connectivity index (χ3v) is 1.45. The number of aryl methyl sites for hydroxylation is 1. The zero-order valence-electron chi connectivity index (χ0n) is 5.57. The summed E-state index contributed by atoms with van der Waals surface area (Å²) in [7, 11) is 0. The standard InChI is InChI=1S/C7H6N3/c1-6-8-3-2-7-9-4-5-10(6)7/h2-3,5H,1H3. The molecule has 2 heterocycles. The van der Waals surface area contributed by atoms with Gasteiger partial charge >= 0.3 is 0 Å². The number of rotatable bonds is 0. The Morgan fingerprint density at radius 3 is 3.30 bits per heavy atom. The molecule has 0 saturated heterocycles. The minimum absolute atomic E-state index is 0.896. The molecule has 0 unspecified atom stereocenters. The second kappa shape index (κ2) is 1.80. The average Bonchev–Trinajstić information content (AvgIpc) is 2.36. The molecule has 0 saturated carbocycles. The first-order valence-electron chi connectivity index (χ1n) is 3.05. The molecule has 10 heavy (non-hydrogen) atoms. The first-order chi connectivity index (χ1) is 4.88. The van der Waals surface area contributed by atoms with Crippen LogP contribution in [-0.4, -0.2) is 14.4 Å². The summed E-state index contributed by atoms with van der Waals surface area (Å²) in [5.41, 5.74) is 0.896. The highest BCUT2D eigenvalue weighted by Gasteiger charge is 1.93. The molecule has 1 radical (unpaired) electrons. The molecule has 2 aromatic heterocycles. The maximum absolute atomic E-state index is 4.08. The number of hydrogen-bond donors (Lipinski definition) is 0. The highest BCUT2D eigenvalue weighted by Crippen LogP contribution is 1.99. The Morgan fingerprint density at radius 1 is 1.60 bits per heavy atom. The number of fused-ring (bicyclic) bond motifs is 1. The monoisotopic (exact) mass is 132 g/mol. The molecule has 3 nitrogen and oxygen atoms in total. The van der Waals surface area contributed by atoms with Crippen LogP contribution in [0.15, 0.2) is 18.5 Å². The lowest BCUT2D eigenvalue weighted by Gasteiger charge is -1.94. The molecule has 0 atom stereocenters. The van der Waals surface area contributed by atoms with Crippen LogP contribution in [0.3, 0.4) is 0 Å². The topological polar surface area (TPSA) is 30.2 Å². The molecular weight excluding hydrogens is 126 g/mol. The first kappa shape index (κ1) is 5.41. The SMILES string of the molecule is Cc1nccc2n[c]cn12. The number of imidazole rings is 1. The summed E-state index contributed by atoms with van der Waals surface area (Å²) >= 11 is 0. The average molecular weight is 132 g/mol. The normalized spacial score (nSPS) is 10.5. The predicted molar refractivity (Wildman–Crippen MR) is 36.6 cm³/mol. The maximum Gasteiger partial charge on any atom is 0.140 e. The van der Waals surface area contributed by atoms with Gasteiger partial charge in [-0.1, -0.05) is 0 Å². The lowest BCUT2D eigenvalue weighted by atomic mass is 10.5. The van der Waals surface area contributed by atoms with Crippen molar-refractivity contribution in [1.82, 2.24) is 14.4 Å². The van der Waals surface area contributed by atoms with Crippen LogP contribution in [0.1, 0.15) is 5.82 Å². The van der Waals surface area contributed by atoms with Gasteiger partial charge in [0.15, 0.2) is 0 Å². The Kier molecular flexibility index (Phi) is 0.974. The lowest BCUT2D eigenvalue weighted by Crippen LogP contribution is -1.91. The summed E-state index contributed by atoms with van der Waals surface area (Å²) in [5.74, 6) is 0.936. The molecule has 0 spiro atoms. The van der Waals surface area contributed by atoms with E-state index < -0.39 is 0 Å². The van der Waals surface area contributed by atoms with Crippen LogP contribution in [0, 0.1) is 13.1 Å². The Balaban J connectivity index is 2.95. The summed E-state index contributed by atoms with van der Waals surface area (Å²) in [6, 6.07) is 1.85. The van der Waals surface area contributed by atoms with Gasteiger partial charge in [0, 0.05) is 12.4 Å². The highest BCUT2D eigenvalue weighted by molar-refractivity contribution is 5.36. The van der Waals surface area contributed by atoms with E-state index in [-0.39, 0.29) is 0 Å². The fraction of sp³-hybridized carbons (Fsp3) is 0.143. The van der Waals surface area contributed by atoms with Gasteiger partial charge in [-0.15, -0.1) is 0 Å². The van der Waals surface area contributed by atoms with Gasteiger partial charge in [-0.3, -0.25) is 4.40 Å². The third-order valence-electron chi connectivity index (χ3n) is 1.45. The Morgan fingerprint density at radius 2 is 2.50 bits per heavy atom. The fourth-order valence-electron chi connectivity index (χ4n) is 0.924. The molecule has 0 aliphatic heterocycles. The van der Waals surface area contributed by atoms with Gasteiger partial charge in [0.25, 0.3) is 0 Å². The van der Waals surface area contributed by atoms with E-state index in [1.54, 1.807) is 12.4 Å². The van der Waals surface area contributed by atoms with Crippen molar-refractivity contribution in [2.75, 3.05) is 0 Å². The number of hydrogen-bond acceptors (Lipinski definition) is 2. The van der Waals surface area contributed by atoms with Crippen molar-refractivity contribution in [2.45, 2.75) is 6.92 Å². The molecule has 0 aromatic carbocycles. The molecule has 49 valence electrons. The summed E-state index contributed by atoms with van der Waals surface area (Å²) < 4.78 is 1.89. The summed E-state index contributed by atoms with van der Waals surface area (Å²) in [5, 5.41) is 0. The van der Waals surface area contributed by atoms with E-state index in [1.807, 2.05) is 17.4 Å². The number of nitrogens with zero attached hydrogens (tertiary/aromatic N) is 3. The summed E-state index contributed by atoms with van der Waals surface area (Å²) in [4.78, 5) is 8.06. The maximum atomic E-state index is 4.08. The van der Waals surface area contributed by atoms with Gasteiger partial charge in [0.1, 0.15) is 17.7 Å². The molecule has 2 aromatic rings. The van der Waals surface area contributed by atoms with Gasteiger partial charge in [-0.05, 0) is 13.0 Å². The second-order valence-electron chi connectivity index (χ2n) is 2.09. The van der Waals surface area contributed by atoms with Gasteiger partial charge in [-0.2, -0.15) is 0 Å². The third kappa shape index (κ3) is 0.603. The molecular formula is C7H6N3. The molecule has 0 fully saturated rings. The van der Waals surface area contributed by atoms with Crippen molar-refractivity contribution < 1.29 is 0 Å². The van der Waals surface area contributed by atoms with Crippen molar-refractivity contribution in [2.24, 2.45) is 0 Å². The van der Waals surface area contributed by atoms with E-state index in [9.17, 15) is 0 Å². The molecule has 0 N–H and O–H groups in total. The Labute approximate surface area is 58.4 Å².